The van der Waals surface area contributed by atoms with Gasteiger partial charge in [0.1, 0.15) is 5.60 Å². The fourth-order valence-electron chi connectivity index (χ4n) is 3.78. The molecule has 0 aromatic heterocycles. The summed E-state index contributed by atoms with van der Waals surface area (Å²) >= 11 is 0. The largest absolute Gasteiger partial charge is 0.361 e. The van der Waals surface area contributed by atoms with Crippen LogP contribution >= 0.6 is 0 Å². The molecule has 3 aromatic rings. The summed E-state index contributed by atoms with van der Waals surface area (Å²) in [6, 6.07) is 30.4. The van der Waals surface area contributed by atoms with Crippen LogP contribution in [-0.4, -0.2) is 34.2 Å². The molecule has 0 fully saturated rings. The van der Waals surface area contributed by atoms with Crippen LogP contribution in [-0.2, 0) is 29.4 Å². The Morgan fingerprint density at radius 3 is 1.59 bits per heavy atom. The first-order valence-corrected chi connectivity index (χ1v) is 12.6. The lowest BCUT2D eigenvalue weighted by atomic mass is 9.80. The van der Waals surface area contributed by atoms with Crippen LogP contribution in [0.1, 0.15) is 36.5 Å². The molecule has 3 aromatic carbocycles. The summed E-state index contributed by atoms with van der Waals surface area (Å²) in [5.74, 6) is 0. The summed E-state index contributed by atoms with van der Waals surface area (Å²) < 4.78 is 40.3. The van der Waals surface area contributed by atoms with E-state index < -0.39 is 22.0 Å². The lowest BCUT2D eigenvalue weighted by Crippen LogP contribution is -2.33. The molecule has 0 N–H and O–H groups in total. The minimum absolute atomic E-state index is 0.364. The van der Waals surface area contributed by atoms with Crippen LogP contribution < -0.4 is 0 Å². The van der Waals surface area contributed by atoms with E-state index in [9.17, 15) is 8.42 Å². The topological polar surface area (TPSA) is 61.8 Å². The summed E-state index contributed by atoms with van der Waals surface area (Å²) in [5.41, 5.74) is 2.26. The summed E-state index contributed by atoms with van der Waals surface area (Å²) in [4.78, 5) is 0. The maximum atomic E-state index is 11.5. The van der Waals surface area contributed by atoms with Crippen LogP contribution in [0.2, 0.25) is 0 Å². The van der Waals surface area contributed by atoms with Crippen molar-refractivity contribution in [1.82, 2.24) is 0 Å². The van der Waals surface area contributed by atoms with Gasteiger partial charge < -0.3 is 9.47 Å². The number of hydrogen-bond acceptors (Lipinski definition) is 5. The highest BCUT2D eigenvalue weighted by molar-refractivity contribution is 7.86. The highest BCUT2D eigenvalue weighted by atomic mass is 32.2. The molecular formula is C26H30O5S. The van der Waals surface area contributed by atoms with Gasteiger partial charge in [-0.15, -0.1) is 0 Å². The van der Waals surface area contributed by atoms with Crippen molar-refractivity contribution in [1.29, 1.82) is 0 Å². The van der Waals surface area contributed by atoms with Crippen LogP contribution in [0, 0.1) is 0 Å². The third-order valence-corrected chi connectivity index (χ3v) is 5.64. The molecule has 0 saturated heterocycles. The molecule has 0 amide bonds. The van der Waals surface area contributed by atoms with Gasteiger partial charge in [0.05, 0.1) is 6.26 Å². The lowest BCUT2D eigenvalue weighted by molar-refractivity contribution is -0.0826. The zero-order valence-electron chi connectivity index (χ0n) is 18.5. The van der Waals surface area contributed by atoms with E-state index in [1.54, 1.807) is 6.92 Å². The number of ether oxygens (including phenoxy) is 2. The van der Waals surface area contributed by atoms with Crippen LogP contribution in [0.5, 0.6) is 0 Å². The van der Waals surface area contributed by atoms with E-state index in [0.717, 1.165) is 22.9 Å². The molecule has 6 heteroatoms. The van der Waals surface area contributed by atoms with Crippen LogP contribution in [0.15, 0.2) is 91.0 Å². The molecule has 0 aliphatic carbocycles. The van der Waals surface area contributed by atoms with Crippen molar-refractivity contribution in [2.45, 2.75) is 31.7 Å². The van der Waals surface area contributed by atoms with Crippen molar-refractivity contribution >= 4 is 10.1 Å². The van der Waals surface area contributed by atoms with E-state index in [1.165, 1.54) is 0 Å². The Balaban J connectivity index is 1.90. The molecule has 0 aliphatic rings. The number of hydrogen-bond donors (Lipinski definition) is 0. The van der Waals surface area contributed by atoms with Crippen LogP contribution in [0.4, 0.5) is 0 Å². The third kappa shape index (κ3) is 6.26. The first-order chi connectivity index (χ1) is 15.5. The second-order valence-corrected chi connectivity index (χ2v) is 9.06. The van der Waals surface area contributed by atoms with Gasteiger partial charge >= 0.3 is 0 Å². The quantitative estimate of drug-likeness (QED) is 0.165. The van der Waals surface area contributed by atoms with Gasteiger partial charge in [0.25, 0.3) is 10.1 Å². The molecule has 0 bridgehead atoms. The van der Waals surface area contributed by atoms with Crippen molar-refractivity contribution in [2.24, 2.45) is 0 Å². The maximum Gasteiger partial charge on any atom is 0.266 e. The minimum Gasteiger partial charge on any atom is -0.361 e. The molecule has 0 saturated carbocycles. The first-order valence-electron chi connectivity index (χ1n) is 10.8. The average Bonchev–Trinajstić information content (AvgIpc) is 2.80. The summed E-state index contributed by atoms with van der Waals surface area (Å²) in [7, 11) is -3.61. The highest BCUT2D eigenvalue weighted by Crippen LogP contribution is 2.40. The molecule has 5 nitrogen and oxygen atoms in total. The Morgan fingerprint density at radius 1 is 0.781 bits per heavy atom. The molecule has 0 heterocycles. The molecule has 1 atom stereocenters. The average molecular weight is 455 g/mol. The van der Waals surface area contributed by atoms with Crippen molar-refractivity contribution in [3.63, 3.8) is 0 Å². The Labute approximate surface area is 191 Å². The summed E-state index contributed by atoms with van der Waals surface area (Å²) in [5, 5.41) is 0. The van der Waals surface area contributed by atoms with Gasteiger partial charge in [-0.05, 0) is 30.0 Å². The van der Waals surface area contributed by atoms with Crippen LogP contribution in [0.3, 0.4) is 0 Å². The van der Waals surface area contributed by atoms with Gasteiger partial charge in [-0.1, -0.05) is 91.0 Å². The van der Waals surface area contributed by atoms with Crippen molar-refractivity contribution < 1.29 is 22.1 Å². The van der Waals surface area contributed by atoms with Crippen molar-refractivity contribution in [3.05, 3.63) is 108 Å². The Kier molecular flexibility index (Phi) is 8.59. The molecule has 0 radical (unpaired) electrons. The van der Waals surface area contributed by atoms with Gasteiger partial charge in [0.15, 0.2) is 6.29 Å². The zero-order valence-corrected chi connectivity index (χ0v) is 19.3. The Bertz CT molecular complexity index is 941. The summed E-state index contributed by atoms with van der Waals surface area (Å²) in [6.07, 6.45) is 1.17. The predicted molar refractivity (Wildman–Crippen MR) is 126 cm³/mol. The third-order valence-electron chi connectivity index (χ3n) is 5.08. The molecule has 170 valence electrons. The number of benzene rings is 3. The van der Waals surface area contributed by atoms with Gasteiger partial charge in [-0.25, -0.2) is 4.18 Å². The van der Waals surface area contributed by atoms with Crippen molar-refractivity contribution in [3.8, 4) is 0 Å². The molecule has 32 heavy (non-hydrogen) atoms. The van der Waals surface area contributed by atoms with E-state index in [4.69, 9.17) is 13.7 Å². The summed E-state index contributed by atoms with van der Waals surface area (Å²) in [6.45, 7) is 2.55. The predicted octanol–water partition coefficient (Wildman–Crippen LogP) is 5.11. The molecule has 0 spiro atoms. The van der Waals surface area contributed by atoms with E-state index in [-0.39, 0.29) is 0 Å². The Hall–Kier alpha value is -2.51. The minimum atomic E-state index is -3.61. The second kappa shape index (κ2) is 11.4. The monoisotopic (exact) mass is 454 g/mol. The smallest absolute Gasteiger partial charge is 0.266 e. The van der Waals surface area contributed by atoms with Gasteiger partial charge in [-0.2, -0.15) is 8.42 Å². The Morgan fingerprint density at radius 2 is 1.22 bits per heavy atom. The fourth-order valence-corrected chi connectivity index (χ4v) is 4.33. The fraction of sp³-hybridized carbons (Fsp3) is 0.308. The van der Waals surface area contributed by atoms with Gasteiger partial charge in [0, 0.05) is 19.6 Å². The van der Waals surface area contributed by atoms with E-state index in [1.807, 2.05) is 54.6 Å². The molecule has 1 unspecified atom stereocenters. The van der Waals surface area contributed by atoms with Gasteiger partial charge in [-0.3, -0.25) is 0 Å². The molecular weight excluding hydrogens is 424 g/mol. The first kappa shape index (κ1) is 24.1. The molecule has 0 aliphatic heterocycles. The maximum absolute atomic E-state index is 11.5. The van der Waals surface area contributed by atoms with E-state index >= 15 is 0 Å². The second-order valence-electron chi connectivity index (χ2n) is 7.46. The van der Waals surface area contributed by atoms with Crippen molar-refractivity contribution in [2.75, 3.05) is 19.5 Å². The lowest BCUT2D eigenvalue weighted by Gasteiger charge is -2.36. The number of rotatable bonds is 12. The highest BCUT2D eigenvalue weighted by Gasteiger charge is 2.37. The van der Waals surface area contributed by atoms with E-state index in [0.29, 0.717) is 26.1 Å². The normalized spacial score (nSPS) is 13.1. The van der Waals surface area contributed by atoms with E-state index in [2.05, 4.69) is 36.4 Å². The SMILES string of the molecule is CCOC(CCCOC(c1ccccc1)(c1ccccc1)c1ccccc1)OS(C)(=O)=O. The zero-order chi connectivity index (χ0) is 22.9. The molecule has 3 rings (SSSR count). The van der Waals surface area contributed by atoms with Gasteiger partial charge in [0.2, 0.25) is 0 Å². The van der Waals surface area contributed by atoms with Crippen LogP contribution in [0.25, 0.3) is 0 Å². The standard InChI is InChI=1S/C26H30O5S/c1-3-29-25(31-32(2,27)28)20-13-21-30-26(22-14-7-4-8-15-22,23-16-9-5-10-17-23)24-18-11-6-12-19-24/h4-12,14-19,25H,3,13,20-21H2,1-2H3.